The van der Waals surface area contributed by atoms with Crippen molar-refractivity contribution in [1.82, 2.24) is 0 Å². The van der Waals surface area contributed by atoms with Gasteiger partial charge in [-0.25, -0.2) is 0 Å². The van der Waals surface area contributed by atoms with Crippen molar-refractivity contribution in [2.75, 3.05) is 0 Å². The molecule has 0 fully saturated rings. The fraction of sp³-hybridized carbons (Fsp3) is 0. The Bertz CT molecular complexity index is 4.53. The first-order chi connectivity index (χ1) is 0. The summed E-state index contributed by atoms with van der Waals surface area (Å²) in [5.74, 6) is 0. The van der Waals surface area contributed by atoms with Gasteiger partial charge < -0.3 is 0 Å². The van der Waals surface area contributed by atoms with Crippen molar-refractivity contribution in [2.45, 2.75) is 0 Å². The van der Waals surface area contributed by atoms with Crippen molar-refractivity contribution in [3.05, 3.63) is 0 Å². The summed E-state index contributed by atoms with van der Waals surface area (Å²) < 4.78 is 0. The molecule has 66 valence electrons. The van der Waals surface area contributed by atoms with Gasteiger partial charge in [-0.15, -0.1) is 0 Å². The van der Waals surface area contributed by atoms with Crippen LogP contribution in [0.4, 0.5) is 37.6 Å². The van der Waals surface area contributed by atoms with Gasteiger partial charge in [0.15, 0.2) is 0 Å². The van der Waals surface area contributed by atoms with Gasteiger partial charge in [0.05, 0.1) is 0 Å². The minimum atomic E-state index is 0. The Hall–Kier alpha value is 0.440. The molecule has 9 heavy (non-hydrogen) atoms. The molecule has 0 amide bonds. The van der Waals surface area contributed by atoms with Gasteiger partial charge in [0.25, 0.3) is 0 Å². The Kier molecular flexibility index (Phi) is 931000. The van der Waals surface area contributed by atoms with Gasteiger partial charge in [-0.3, -0.25) is 37.6 Å². The monoisotopic (exact) mass is 184 g/mol. The van der Waals surface area contributed by atoms with Crippen LogP contribution in [0.5, 0.6) is 0 Å². The predicted molar refractivity (Wildman–Crippen MR) is 27.2 cm³/mol. The number of hydrogen-bond acceptors (Lipinski definition) is 0. The normalized spacial score (nSPS) is 0. The molecule has 9 heteroatoms. The van der Waals surface area contributed by atoms with Crippen molar-refractivity contribution in [1.29, 1.82) is 0 Å². The van der Waals surface area contributed by atoms with Crippen LogP contribution in [0.15, 0.2) is 0 Å². The van der Waals surface area contributed by atoms with E-state index in [4.69, 9.17) is 0 Å². The molecule has 0 spiro atoms. The number of halogens is 8. The predicted octanol–water partition coefficient (Wildman–Crippen LogP) is 0.571. The van der Waals surface area contributed by atoms with Crippen LogP contribution in [-0.4, -0.2) is 29.6 Å². The molecule has 0 nitrogen and oxygen atoms in total. The Labute approximate surface area is 67.6 Å². The van der Waals surface area contributed by atoms with E-state index in [1.165, 1.54) is 0 Å². The van der Waals surface area contributed by atoms with Crippen LogP contribution in [-0.2, 0) is 0 Å². The summed E-state index contributed by atoms with van der Waals surface area (Å²) in [6, 6.07) is 0. The van der Waals surface area contributed by atoms with E-state index in [1.807, 2.05) is 0 Å². The summed E-state index contributed by atoms with van der Waals surface area (Å²) in [6.45, 7) is 0. The molecule has 0 aliphatic rings. The third-order valence-electron chi connectivity index (χ3n) is 0. The summed E-state index contributed by atoms with van der Waals surface area (Å²) in [4.78, 5) is 0. The van der Waals surface area contributed by atoms with Gasteiger partial charge in [-0.1, -0.05) is 0 Å². The van der Waals surface area contributed by atoms with Gasteiger partial charge >= 0.3 is 29.6 Å². The van der Waals surface area contributed by atoms with Crippen LogP contribution < -0.4 is 0 Å². The molecule has 0 atom stereocenters. The molecule has 0 N–H and O–H groups in total. The van der Waals surface area contributed by atoms with Crippen molar-refractivity contribution in [3.8, 4) is 0 Å². The van der Waals surface area contributed by atoms with E-state index >= 15 is 0 Å². The second-order valence-corrected chi connectivity index (χ2v) is 0. The van der Waals surface area contributed by atoms with Crippen molar-refractivity contribution >= 4 is 29.6 Å². The third-order valence-corrected chi connectivity index (χ3v) is 0. The molecule has 0 aromatic heterocycles. The summed E-state index contributed by atoms with van der Waals surface area (Å²) in [7, 11) is 0. The Balaban J connectivity index is 0. The molecule has 0 bridgehead atoms. The van der Waals surface area contributed by atoms with E-state index in [0.29, 0.717) is 0 Å². The molecule has 0 heterocycles. The van der Waals surface area contributed by atoms with Gasteiger partial charge in [0.1, 0.15) is 0 Å². The molecule has 0 saturated carbocycles. The summed E-state index contributed by atoms with van der Waals surface area (Å²) >= 11 is 0. The summed E-state index contributed by atoms with van der Waals surface area (Å²) in [5, 5.41) is 0. The molecule has 0 aromatic carbocycles. The average molecular weight is 184 g/mol. The zero-order chi connectivity index (χ0) is 0. The van der Waals surface area contributed by atoms with Crippen molar-refractivity contribution < 1.29 is 37.6 Å². The van der Waals surface area contributed by atoms with Gasteiger partial charge in [0, 0.05) is 0 Å². The Morgan fingerprint density at radius 2 is 0.222 bits per heavy atom. The van der Waals surface area contributed by atoms with Crippen LogP contribution in [0.25, 0.3) is 0 Å². The van der Waals surface area contributed by atoms with Crippen molar-refractivity contribution in [3.63, 3.8) is 0 Å². The standard InChI is InChI=1S/8FH.Na.H/h8*1H;;. The van der Waals surface area contributed by atoms with Gasteiger partial charge in [-0.05, 0) is 0 Å². The molecule has 0 radical (unpaired) electrons. The first-order valence-electron chi connectivity index (χ1n) is 0. The van der Waals surface area contributed by atoms with Crippen LogP contribution in [0.2, 0.25) is 0 Å². The van der Waals surface area contributed by atoms with E-state index in [0.717, 1.165) is 0 Å². The molecule has 0 aliphatic heterocycles. The van der Waals surface area contributed by atoms with E-state index < -0.39 is 0 Å². The van der Waals surface area contributed by atoms with E-state index in [9.17, 15) is 0 Å². The zero-order valence-electron chi connectivity index (χ0n) is 3.27. The number of rotatable bonds is 0. The average Bonchev–Trinajstić information content (AvgIpc) is 0. The fourth-order valence-corrected chi connectivity index (χ4v) is 0. The van der Waals surface area contributed by atoms with E-state index in [-0.39, 0.29) is 67.2 Å². The second-order valence-electron chi connectivity index (χ2n) is 0. The topological polar surface area (TPSA) is 0 Å². The van der Waals surface area contributed by atoms with E-state index in [1.54, 1.807) is 0 Å². The van der Waals surface area contributed by atoms with Crippen LogP contribution >= 0.6 is 0 Å². The molecular formula is H9F8Na. The first kappa shape index (κ1) is 3470. The fourth-order valence-electron chi connectivity index (χ4n) is 0. The van der Waals surface area contributed by atoms with Gasteiger partial charge in [0.2, 0.25) is 0 Å². The second kappa shape index (κ2) is 2410. The SMILES string of the molecule is F.F.F.F.F.F.F.F.[NaH]. The molecule has 0 aromatic rings. The Morgan fingerprint density at radius 1 is 0.222 bits per heavy atom. The first-order valence-corrected chi connectivity index (χ1v) is 0. The van der Waals surface area contributed by atoms with Crippen LogP contribution in [0, 0.1) is 0 Å². The van der Waals surface area contributed by atoms with Gasteiger partial charge in [-0.2, -0.15) is 0 Å². The van der Waals surface area contributed by atoms with Crippen LogP contribution in [0.3, 0.4) is 0 Å². The molecule has 0 rings (SSSR count). The van der Waals surface area contributed by atoms with E-state index in [2.05, 4.69) is 0 Å². The molecule has 0 saturated heterocycles. The van der Waals surface area contributed by atoms with Crippen molar-refractivity contribution in [2.24, 2.45) is 0 Å². The Morgan fingerprint density at radius 3 is 0.222 bits per heavy atom. The summed E-state index contributed by atoms with van der Waals surface area (Å²) in [5.41, 5.74) is 0. The molecule has 0 unspecified atom stereocenters. The third kappa shape index (κ3) is 1810. The maximum atomic E-state index is 0. The minimum absolute atomic E-state index is 0. The quantitative estimate of drug-likeness (QED) is 0.381. The molecular weight excluding hydrogens is 175 g/mol. The zero-order valence-corrected chi connectivity index (χ0v) is 3.27. The molecule has 0 aliphatic carbocycles. The van der Waals surface area contributed by atoms with Crippen LogP contribution in [0.1, 0.15) is 0 Å². The maximum absolute atomic E-state index is 0. The summed E-state index contributed by atoms with van der Waals surface area (Å²) in [6.07, 6.45) is 0. The number of hydrogen-bond donors (Lipinski definition) is 0.